The number of nitrogens with zero attached hydrogens (tertiary/aromatic N) is 2. The number of hydrogen-bond donors (Lipinski definition) is 2. The van der Waals surface area contributed by atoms with Crippen molar-refractivity contribution >= 4 is 51.3 Å². The fourth-order valence-corrected chi connectivity index (χ4v) is 4.86. The number of aliphatic imine (C=N–C) groups is 1. The Labute approximate surface area is 171 Å². The summed E-state index contributed by atoms with van der Waals surface area (Å²) in [5.74, 6) is 0.647. The first kappa shape index (κ1) is 22.6. The predicted molar refractivity (Wildman–Crippen MR) is 113 cm³/mol. The maximum Gasteiger partial charge on any atom is 0.252 e. The molecule has 144 valence electrons. The molecule has 1 unspecified atom stereocenters. The zero-order valence-corrected chi connectivity index (χ0v) is 18.8. The molecule has 10 heteroatoms. The number of hydrogen-bond acceptors (Lipinski definition) is 5. The molecule has 1 fully saturated rings. The maximum atomic E-state index is 12.3. The maximum absolute atomic E-state index is 12.3. The summed E-state index contributed by atoms with van der Waals surface area (Å²) in [6, 6.07) is 3.35. The highest BCUT2D eigenvalue weighted by molar-refractivity contribution is 14.0. The van der Waals surface area contributed by atoms with E-state index in [0.29, 0.717) is 29.8 Å². The van der Waals surface area contributed by atoms with Crippen LogP contribution in [0.2, 0.25) is 0 Å². The van der Waals surface area contributed by atoms with Crippen LogP contribution in [0.15, 0.2) is 26.7 Å². The minimum Gasteiger partial charge on any atom is -0.373 e. The van der Waals surface area contributed by atoms with Crippen LogP contribution in [0, 0.1) is 0 Å². The van der Waals surface area contributed by atoms with Gasteiger partial charge < -0.3 is 15.4 Å². The molecule has 0 radical (unpaired) electrons. The smallest absolute Gasteiger partial charge is 0.252 e. The molecular formula is C15H27IN4O3S2. The third kappa shape index (κ3) is 6.35. The van der Waals surface area contributed by atoms with Crippen LogP contribution >= 0.6 is 35.3 Å². The van der Waals surface area contributed by atoms with Gasteiger partial charge in [-0.05, 0) is 31.2 Å². The summed E-state index contributed by atoms with van der Waals surface area (Å²) in [7, 11) is -0.127. The zero-order chi connectivity index (χ0) is 17.6. The molecule has 1 aromatic heterocycles. The Morgan fingerprint density at radius 3 is 2.80 bits per heavy atom. The van der Waals surface area contributed by atoms with Crippen molar-refractivity contribution in [3.63, 3.8) is 0 Å². The molecule has 0 aliphatic carbocycles. The van der Waals surface area contributed by atoms with Gasteiger partial charge in [-0.15, -0.1) is 35.3 Å². The molecule has 1 aliphatic heterocycles. The van der Waals surface area contributed by atoms with Crippen LogP contribution in [0.3, 0.4) is 0 Å². The Morgan fingerprint density at radius 1 is 1.48 bits per heavy atom. The van der Waals surface area contributed by atoms with Crippen molar-refractivity contribution in [2.24, 2.45) is 4.99 Å². The van der Waals surface area contributed by atoms with Crippen molar-refractivity contribution in [1.82, 2.24) is 14.9 Å². The molecule has 25 heavy (non-hydrogen) atoms. The molecule has 0 bridgehead atoms. The molecule has 0 amide bonds. The summed E-state index contributed by atoms with van der Waals surface area (Å²) in [6.07, 6.45) is 2.11. The molecule has 7 nitrogen and oxygen atoms in total. The number of nitrogens with one attached hydrogen (secondary N) is 2. The highest BCUT2D eigenvalue weighted by Crippen LogP contribution is 2.23. The number of sulfonamides is 1. The van der Waals surface area contributed by atoms with Crippen molar-refractivity contribution in [2.45, 2.75) is 29.6 Å². The van der Waals surface area contributed by atoms with Crippen LogP contribution in [0.5, 0.6) is 0 Å². The van der Waals surface area contributed by atoms with Crippen molar-refractivity contribution < 1.29 is 13.2 Å². The van der Waals surface area contributed by atoms with Gasteiger partial charge in [0, 0.05) is 40.3 Å². The van der Waals surface area contributed by atoms with Crippen LogP contribution in [0.1, 0.15) is 19.8 Å². The second-order valence-corrected chi connectivity index (χ2v) is 9.23. The van der Waals surface area contributed by atoms with Crippen molar-refractivity contribution in [2.75, 3.05) is 40.3 Å². The molecule has 0 spiro atoms. The zero-order valence-electron chi connectivity index (χ0n) is 14.8. The second-order valence-electron chi connectivity index (χ2n) is 6.01. The second kappa shape index (κ2) is 10.0. The average Bonchev–Trinajstić information content (AvgIpc) is 3.22. The number of likely N-dealkylation sites (N-methyl/N-ethyl adjacent to an activating group) is 1. The van der Waals surface area contributed by atoms with Crippen LogP contribution in [-0.2, 0) is 14.8 Å². The normalized spacial score (nSPS) is 21.2. The molecule has 2 heterocycles. The molecule has 1 aromatic rings. The van der Waals surface area contributed by atoms with E-state index >= 15 is 0 Å². The minimum absolute atomic E-state index is 0. The van der Waals surface area contributed by atoms with Gasteiger partial charge >= 0.3 is 0 Å². The monoisotopic (exact) mass is 502 g/mol. The summed E-state index contributed by atoms with van der Waals surface area (Å²) in [5.41, 5.74) is -0.156. The van der Waals surface area contributed by atoms with Gasteiger partial charge in [-0.1, -0.05) is 6.07 Å². The lowest BCUT2D eigenvalue weighted by Crippen LogP contribution is -2.47. The van der Waals surface area contributed by atoms with Crippen LogP contribution < -0.4 is 10.6 Å². The van der Waals surface area contributed by atoms with E-state index in [-0.39, 0.29) is 29.6 Å². The molecule has 2 rings (SSSR count). The third-order valence-corrected chi connectivity index (χ3v) is 7.26. The third-order valence-electron chi connectivity index (χ3n) is 4.03. The largest absolute Gasteiger partial charge is 0.373 e. The predicted octanol–water partition coefficient (Wildman–Crippen LogP) is 1.72. The quantitative estimate of drug-likeness (QED) is 0.337. The highest BCUT2D eigenvalue weighted by atomic mass is 127. The number of thiophene rings is 1. The van der Waals surface area contributed by atoms with Crippen LogP contribution in [0.4, 0.5) is 0 Å². The van der Waals surface area contributed by atoms with E-state index in [1.807, 2.05) is 0 Å². The SMILES string of the molecule is CN=C(NCCN(C)S(=O)(=O)c1cccs1)NCC1(C)CCCO1.I. The van der Waals surface area contributed by atoms with Gasteiger partial charge in [0.1, 0.15) is 4.21 Å². The van der Waals surface area contributed by atoms with E-state index in [1.54, 1.807) is 31.6 Å². The molecule has 1 aliphatic rings. The molecule has 1 atom stereocenters. The lowest BCUT2D eigenvalue weighted by molar-refractivity contribution is 0.0243. The Morgan fingerprint density at radius 2 is 2.24 bits per heavy atom. The lowest BCUT2D eigenvalue weighted by Gasteiger charge is -2.25. The van der Waals surface area contributed by atoms with Gasteiger partial charge in [-0.3, -0.25) is 4.99 Å². The van der Waals surface area contributed by atoms with Gasteiger partial charge in [-0.2, -0.15) is 4.31 Å². The standard InChI is InChI=1S/C15H26N4O3S2.HI/c1-15(7-5-10-22-15)12-18-14(16-2)17-8-9-19(3)24(20,21)13-6-4-11-23-13;/h4,6,11H,5,7-10,12H2,1-3H3,(H2,16,17,18);1H. The first-order valence-electron chi connectivity index (χ1n) is 7.96. The number of halogens is 1. The molecule has 0 aromatic carbocycles. The summed E-state index contributed by atoms with van der Waals surface area (Å²) in [5, 5.41) is 8.14. The van der Waals surface area contributed by atoms with Crippen LogP contribution in [-0.4, -0.2) is 64.6 Å². The fraction of sp³-hybridized carbons (Fsp3) is 0.667. The van der Waals surface area contributed by atoms with E-state index in [4.69, 9.17) is 4.74 Å². The van der Waals surface area contributed by atoms with E-state index < -0.39 is 10.0 Å². The molecule has 2 N–H and O–H groups in total. The number of rotatable bonds is 7. The topological polar surface area (TPSA) is 83.0 Å². The van der Waals surface area contributed by atoms with Gasteiger partial charge in [0.05, 0.1) is 5.60 Å². The average molecular weight is 502 g/mol. The van der Waals surface area contributed by atoms with Crippen molar-refractivity contribution in [3.05, 3.63) is 17.5 Å². The Hall–Kier alpha value is -0.430. The van der Waals surface area contributed by atoms with Gasteiger partial charge in [0.25, 0.3) is 10.0 Å². The Balaban J connectivity index is 0.00000312. The fourth-order valence-electron chi connectivity index (χ4n) is 2.48. The molecular weight excluding hydrogens is 475 g/mol. The summed E-state index contributed by atoms with van der Waals surface area (Å²) < 4.78 is 32.1. The summed E-state index contributed by atoms with van der Waals surface area (Å²) >= 11 is 1.22. The minimum atomic E-state index is -3.40. The Kier molecular flexibility index (Phi) is 9.09. The van der Waals surface area contributed by atoms with Gasteiger partial charge in [-0.25, -0.2) is 8.42 Å². The number of ether oxygens (including phenoxy) is 1. The first-order chi connectivity index (χ1) is 11.4. The first-order valence-corrected chi connectivity index (χ1v) is 10.3. The lowest BCUT2D eigenvalue weighted by atomic mass is 10.0. The van der Waals surface area contributed by atoms with E-state index in [2.05, 4.69) is 22.5 Å². The number of guanidine groups is 1. The van der Waals surface area contributed by atoms with Crippen LogP contribution in [0.25, 0.3) is 0 Å². The van der Waals surface area contributed by atoms with Gasteiger partial charge in [0.2, 0.25) is 0 Å². The van der Waals surface area contributed by atoms with Gasteiger partial charge in [0.15, 0.2) is 5.96 Å². The van der Waals surface area contributed by atoms with Crippen molar-refractivity contribution in [1.29, 1.82) is 0 Å². The highest BCUT2D eigenvalue weighted by Gasteiger charge is 2.29. The van der Waals surface area contributed by atoms with Crippen molar-refractivity contribution in [3.8, 4) is 0 Å². The van der Waals surface area contributed by atoms with E-state index in [9.17, 15) is 8.42 Å². The Bertz CT molecular complexity index is 644. The molecule has 1 saturated heterocycles. The summed E-state index contributed by atoms with van der Waals surface area (Å²) in [6.45, 7) is 4.39. The molecule has 0 saturated carbocycles. The summed E-state index contributed by atoms with van der Waals surface area (Å²) in [4.78, 5) is 4.16. The van der Waals surface area contributed by atoms with E-state index in [1.165, 1.54) is 15.6 Å². The van der Waals surface area contributed by atoms with E-state index in [0.717, 1.165) is 19.4 Å².